The Morgan fingerprint density at radius 1 is 0.592 bits per heavy atom. The van der Waals surface area contributed by atoms with Crippen LogP contribution in [0.25, 0.3) is 22.2 Å². The zero-order valence-electron chi connectivity index (χ0n) is 28.4. The molecular formula is C38H39NO10. The lowest BCUT2D eigenvalue weighted by molar-refractivity contribution is -0.139. The van der Waals surface area contributed by atoms with Crippen LogP contribution in [0.5, 0.6) is 34.5 Å². The minimum Gasteiger partial charge on any atom is -0.497 e. The number of carbonyl (C=O) groups is 2. The van der Waals surface area contributed by atoms with Gasteiger partial charge in [-0.3, -0.25) is 0 Å². The van der Waals surface area contributed by atoms with Crippen molar-refractivity contribution in [2.24, 2.45) is 0 Å². The van der Waals surface area contributed by atoms with Crippen molar-refractivity contribution in [3.05, 3.63) is 95.6 Å². The molecule has 0 saturated heterocycles. The van der Waals surface area contributed by atoms with Crippen molar-refractivity contribution in [3.8, 4) is 45.8 Å². The Kier molecular flexibility index (Phi) is 11.4. The molecule has 0 N–H and O–H groups in total. The molecule has 1 aromatic heterocycles. The van der Waals surface area contributed by atoms with Crippen LogP contribution >= 0.6 is 0 Å². The topological polar surface area (TPSA) is 113 Å². The van der Waals surface area contributed by atoms with Gasteiger partial charge in [-0.2, -0.15) is 0 Å². The predicted octanol–water partition coefficient (Wildman–Crippen LogP) is 6.09. The summed E-state index contributed by atoms with van der Waals surface area (Å²) in [6.07, 6.45) is 0.531. The van der Waals surface area contributed by atoms with Crippen molar-refractivity contribution in [1.82, 2.24) is 4.57 Å². The Labute approximate surface area is 284 Å². The van der Waals surface area contributed by atoms with Crippen LogP contribution < -0.4 is 28.4 Å². The first kappa shape index (κ1) is 34.8. The van der Waals surface area contributed by atoms with Crippen LogP contribution in [0, 0.1) is 0 Å². The monoisotopic (exact) mass is 669 g/mol. The van der Waals surface area contributed by atoms with Crippen molar-refractivity contribution in [2.75, 3.05) is 55.9 Å². The molecule has 5 rings (SSSR count). The van der Waals surface area contributed by atoms with Gasteiger partial charge in [-0.25, -0.2) is 9.59 Å². The Morgan fingerprint density at radius 2 is 1.12 bits per heavy atom. The maximum absolute atomic E-state index is 12.0. The second kappa shape index (κ2) is 16.1. The van der Waals surface area contributed by atoms with Gasteiger partial charge >= 0.3 is 11.9 Å². The number of aromatic nitrogens is 1. The summed E-state index contributed by atoms with van der Waals surface area (Å²) in [4.78, 5) is 23.9. The normalized spacial score (nSPS) is 10.9. The van der Waals surface area contributed by atoms with Crippen molar-refractivity contribution in [2.45, 2.75) is 13.0 Å². The molecule has 1 heterocycles. The Balaban J connectivity index is 1.67. The third-order valence-corrected chi connectivity index (χ3v) is 7.87. The van der Waals surface area contributed by atoms with Crippen molar-refractivity contribution in [1.29, 1.82) is 0 Å². The van der Waals surface area contributed by atoms with Crippen molar-refractivity contribution < 1.29 is 47.5 Å². The third kappa shape index (κ3) is 7.97. The molecule has 0 spiro atoms. The first-order chi connectivity index (χ1) is 23.8. The highest BCUT2D eigenvalue weighted by Gasteiger charge is 2.24. The fraction of sp³-hybridized carbons (Fsp3) is 0.263. The average molecular weight is 670 g/mol. The number of carbonyl (C=O) groups excluding carboxylic acids is 2. The number of nitrogens with zero attached hydrogens (tertiary/aromatic N) is 1. The highest BCUT2D eigenvalue weighted by molar-refractivity contribution is 5.94. The van der Waals surface area contributed by atoms with E-state index in [4.69, 9.17) is 37.9 Å². The van der Waals surface area contributed by atoms with Crippen LogP contribution in [0.4, 0.5) is 0 Å². The number of esters is 2. The van der Waals surface area contributed by atoms with Crippen LogP contribution in [0.15, 0.2) is 78.9 Å². The van der Waals surface area contributed by atoms with Gasteiger partial charge in [-0.05, 0) is 71.3 Å². The lowest BCUT2D eigenvalue weighted by Crippen LogP contribution is -2.14. The van der Waals surface area contributed by atoms with Crippen LogP contribution in [-0.4, -0.2) is 72.4 Å². The van der Waals surface area contributed by atoms with E-state index in [9.17, 15) is 9.59 Å². The molecule has 5 aromatic rings. The Hall–Kier alpha value is -5.52. The SMILES string of the molecule is COCC(=O)Oc1ccc(Cc2c(-c3cc(OC)c(OC)c(OC)c3)n(Cc3ccc(OC(=O)COC)cc3)c3ccc(OC)cc23)cc1. The van der Waals surface area contributed by atoms with E-state index in [1.54, 1.807) is 52.7 Å². The Morgan fingerprint density at radius 3 is 1.61 bits per heavy atom. The summed E-state index contributed by atoms with van der Waals surface area (Å²) in [7, 11) is 9.27. The van der Waals surface area contributed by atoms with Crippen molar-refractivity contribution >= 4 is 22.8 Å². The molecular weight excluding hydrogens is 630 g/mol. The maximum atomic E-state index is 12.0. The molecule has 0 saturated carbocycles. The highest BCUT2D eigenvalue weighted by Crippen LogP contribution is 2.45. The molecule has 0 atom stereocenters. The van der Waals surface area contributed by atoms with E-state index in [0.29, 0.717) is 47.5 Å². The summed E-state index contributed by atoms with van der Waals surface area (Å²) < 4.78 is 45.6. The fourth-order valence-corrected chi connectivity index (χ4v) is 5.70. The van der Waals surface area contributed by atoms with Gasteiger partial charge in [-0.15, -0.1) is 0 Å². The number of methoxy groups -OCH3 is 6. The van der Waals surface area contributed by atoms with Crippen molar-refractivity contribution in [3.63, 3.8) is 0 Å². The largest absolute Gasteiger partial charge is 0.497 e. The Bertz CT molecular complexity index is 1890. The molecule has 0 amide bonds. The van der Waals surface area contributed by atoms with Gasteiger partial charge in [0.2, 0.25) is 5.75 Å². The quantitative estimate of drug-likeness (QED) is 0.0960. The van der Waals surface area contributed by atoms with Gasteiger partial charge in [0.05, 0.1) is 34.1 Å². The predicted molar refractivity (Wildman–Crippen MR) is 183 cm³/mol. The van der Waals surface area contributed by atoms with Gasteiger partial charge in [0.1, 0.15) is 30.5 Å². The van der Waals surface area contributed by atoms with E-state index >= 15 is 0 Å². The summed E-state index contributed by atoms with van der Waals surface area (Å²) in [5.74, 6) is 2.13. The van der Waals surface area contributed by atoms with Gasteiger partial charge in [-0.1, -0.05) is 24.3 Å². The molecule has 0 unspecified atom stereocenters. The van der Waals surface area contributed by atoms with E-state index in [0.717, 1.165) is 38.9 Å². The molecule has 11 nitrogen and oxygen atoms in total. The van der Waals surface area contributed by atoms with E-state index in [1.807, 2.05) is 54.6 Å². The number of fused-ring (bicyclic) bond motifs is 1. The molecule has 49 heavy (non-hydrogen) atoms. The molecule has 0 radical (unpaired) electrons. The van der Waals surface area contributed by atoms with Crippen LogP contribution in [0.3, 0.4) is 0 Å². The summed E-state index contributed by atoms with van der Waals surface area (Å²) in [6.45, 7) is 0.210. The van der Waals surface area contributed by atoms with Gasteiger partial charge in [0, 0.05) is 43.7 Å². The number of hydrogen-bond acceptors (Lipinski definition) is 10. The minimum atomic E-state index is -0.476. The summed E-state index contributed by atoms with van der Waals surface area (Å²) in [5.41, 5.74) is 5.73. The summed E-state index contributed by atoms with van der Waals surface area (Å²) >= 11 is 0. The van der Waals surface area contributed by atoms with Crippen LogP contribution in [-0.2, 0) is 32.0 Å². The number of rotatable bonds is 15. The number of benzene rings is 4. The molecule has 0 fully saturated rings. The zero-order chi connectivity index (χ0) is 34.9. The van der Waals surface area contributed by atoms with Gasteiger partial charge < -0.3 is 42.5 Å². The summed E-state index contributed by atoms with van der Waals surface area (Å²) in [6, 6.07) is 24.6. The maximum Gasteiger partial charge on any atom is 0.337 e. The zero-order valence-corrected chi connectivity index (χ0v) is 28.4. The molecule has 0 bridgehead atoms. The number of ether oxygens (including phenoxy) is 8. The highest BCUT2D eigenvalue weighted by atomic mass is 16.6. The molecule has 0 aliphatic rings. The van der Waals surface area contributed by atoms with E-state index in [1.165, 1.54) is 14.2 Å². The second-order valence-corrected chi connectivity index (χ2v) is 11.0. The van der Waals surface area contributed by atoms with E-state index in [-0.39, 0.29) is 13.2 Å². The summed E-state index contributed by atoms with van der Waals surface area (Å²) in [5, 5.41) is 0.990. The molecule has 4 aromatic carbocycles. The van der Waals surface area contributed by atoms with Gasteiger partial charge in [0.25, 0.3) is 0 Å². The first-order valence-electron chi connectivity index (χ1n) is 15.4. The molecule has 11 heteroatoms. The fourth-order valence-electron chi connectivity index (χ4n) is 5.70. The van der Waals surface area contributed by atoms with Crippen LogP contribution in [0.2, 0.25) is 0 Å². The van der Waals surface area contributed by atoms with Crippen LogP contribution in [0.1, 0.15) is 16.7 Å². The van der Waals surface area contributed by atoms with Gasteiger partial charge in [0.15, 0.2) is 11.5 Å². The second-order valence-electron chi connectivity index (χ2n) is 11.0. The minimum absolute atomic E-state index is 0.136. The molecule has 0 aliphatic heterocycles. The number of hydrogen-bond donors (Lipinski definition) is 0. The lowest BCUT2D eigenvalue weighted by Gasteiger charge is -2.18. The van der Waals surface area contributed by atoms with E-state index < -0.39 is 11.9 Å². The molecule has 256 valence electrons. The standard InChI is InChI=1S/C38H39NO10/c1-42-22-35(40)48-27-11-7-24(8-12-27)17-31-30-20-29(44-3)15-16-32(30)39(21-25-9-13-28(14-10-25)49-36(41)23-43-2)37(31)26-18-33(45-4)38(47-6)34(19-26)46-5/h7-16,18-20H,17,21-23H2,1-6H3. The lowest BCUT2D eigenvalue weighted by atomic mass is 9.97. The molecule has 0 aliphatic carbocycles. The smallest absolute Gasteiger partial charge is 0.337 e. The van der Waals surface area contributed by atoms with E-state index in [2.05, 4.69) is 4.57 Å². The first-order valence-corrected chi connectivity index (χ1v) is 15.4. The average Bonchev–Trinajstić information content (AvgIpc) is 3.40. The third-order valence-electron chi connectivity index (χ3n) is 7.87.